The van der Waals surface area contributed by atoms with Gasteiger partial charge in [-0.05, 0) is 53.9 Å². The van der Waals surface area contributed by atoms with Crippen LogP contribution >= 0.6 is 15.9 Å². The number of halogens is 1. The molecule has 0 unspecified atom stereocenters. The van der Waals surface area contributed by atoms with E-state index in [1.807, 2.05) is 48.7 Å². The van der Waals surface area contributed by atoms with E-state index in [2.05, 4.69) is 27.0 Å². The Morgan fingerprint density at radius 3 is 2.42 bits per heavy atom. The molecule has 2 amide bonds. The van der Waals surface area contributed by atoms with Gasteiger partial charge in [0.2, 0.25) is 5.91 Å². The van der Waals surface area contributed by atoms with Crippen molar-refractivity contribution in [1.82, 2.24) is 14.8 Å². The second-order valence-corrected chi connectivity index (χ2v) is 10.3. The third kappa shape index (κ3) is 7.22. The number of para-hydroxylation sites is 1. The lowest BCUT2D eigenvalue weighted by molar-refractivity contribution is -0.132. The molecule has 4 rings (SSSR count). The van der Waals surface area contributed by atoms with E-state index >= 15 is 0 Å². The van der Waals surface area contributed by atoms with Crippen molar-refractivity contribution in [2.75, 3.05) is 47.6 Å². The van der Waals surface area contributed by atoms with Crippen molar-refractivity contribution in [1.29, 1.82) is 0 Å². The smallest absolute Gasteiger partial charge is 0.254 e. The Morgan fingerprint density at radius 2 is 1.68 bits per heavy atom. The summed E-state index contributed by atoms with van der Waals surface area (Å²) >= 11 is 3.43. The molecule has 0 aliphatic carbocycles. The molecule has 0 bridgehead atoms. The molecule has 4 aromatic rings. The lowest BCUT2D eigenvalue weighted by Crippen LogP contribution is -2.44. The van der Waals surface area contributed by atoms with Crippen LogP contribution in [0.15, 0.2) is 77.4 Å². The molecule has 1 heterocycles. The SMILES string of the molecule is COCCN(CC(=O)N(CCc1c[nH]c2ccccc12)Cc1ccc(OC)c(OC)c1)C(=O)c1cccc(Br)c1. The van der Waals surface area contributed by atoms with Crippen molar-refractivity contribution in [3.05, 3.63) is 94.1 Å². The number of methoxy groups -OCH3 is 3. The number of benzene rings is 3. The number of H-pyrrole nitrogens is 1. The standard InChI is InChI=1S/C31H34BrN3O5/c1-38-16-15-35(31(37)23-7-6-8-25(32)18-23)21-30(36)34(20-22-11-12-28(39-2)29(17-22)40-3)14-13-24-19-33-27-10-5-4-9-26(24)27/h4-12,17-19,33H,13-16,20-21H2,1-3H3. The van der Waals surface area contributed by atoms with Crippen molar-refractivity contribution < 1.29 is 23.8 Å². The number of fused-ring (bicyclic) bond motifs is 1. The van der Waals surface area contributed by atoms with Gasteiger partial charge in [0, 0.05) is 53.9 Å². The van der Waals surface area contributed by atoms with Crippen LogP contribution < -0.4 is 9.47 Å². The summed E-state index contributed by atoms with van der Waals surface area (Å²) in [7, 11) is 4.75. The maximum atomic E-state index is 13.8. The number of hydrogen-bond acceptors (Lipinski definition) is 5. The lowest BCUT2D eigenvalue weighted by atomic mass is 10.1. The fourth-order valence-electron chi connectivity index (χ4n) is 4.61. The molecule has 40 heavy (non-hydrogen) atoms. The van der Waals surface area contributed by atoms with Gasteiger partial charge in [-0.15, -0.1) is 0 Å². The average molecular weight is 609 g/mol. The Bertz CT molecular complexity index is 1450. The Balaban J connectivity index is 1.58. The van der Waals surface area contributed by atoms with Gasteiger partial charge in [-0.1, -0.05) is 46.3 Å². The van der Waals surface area contributed by atoms with Crippen LogP contribution in [0, 0.1) is 0 Å². The highest BCUT2D eigenvalue weighted by molar-refractivity contribution is 9.10. The van der Waals surface area contributed by atoms with Crippen LogP contribution in [-0.2, 0) is 22.5 Å². The number of aromatic nitrogens is 1. The van der Waals surface area contributed by atoms with E-state index in [0.717, 1.165) is 26.5 Å². The molecule has 0 spiro atoms. The highest BCUT2D eigenvalue weighted by atomic mass is 79.9. The number of aromatic amines is 1. The molecule has 1 aromatic heterocycles. The number of hydrogen-bond donors (Lipinski definition) is 1. The second kappa shape index (κ2) is 14.0. The van der Waals surface area contributed by atoms with Crippen LogP contribution in [0.3, 0.4) is 0 Å². The third-order valence-corrected chi connectivity index (χ3v) is 7.24. The van der Waals surface area contributed by atoms with Gasteiger partial charge < -0.3 is 29.0 Å². The van der Waals surface area contributed by atoms with Crippen molar-refractivity contribution >= 4 is 38.6 Å². The van der Waals surface area contributed by atoms with Gasteiger partial charge in [-0.2, -0.15) is 0 Å². The van der Waals surface area contributed by atoms with Crippen LogP contribution in [0.5, 0.6) is 11.5 Å². The van der Waals surface area contributed by atoms with E-state index in [1.165, 1.54) is 0 Å². The van der Waals surface area contributed by atoms with Crippen LogP contribution in [0.1, 0.15) is 21.5 Å². The Kier molecular flexibility index (Phi) is 10.2. The summed E-state index contributed by atoms with van der Waals surface area (Å²) in [4.78, 5) is 33.9. The molecule has 1 N–H and O–H groups in total. The van der Waals surface area contributed by atoms with Crippen molar-refractivity contribution in [2.45, 2.75) is 13.0 Å². The Labute approximate surface area is 243 Å². The Hall–Kier alpha value is -3.82. The predicted octanol–water partition coefficient (Wildman–Crippen LogP) is 5.31. The van der Waals surface area contributed by atoms with Crippen LogP contribution in [0.2, 0.25) is 0 Å². The normalized spacial score (nSPS) is 10.9. The van der Waals surface area contributed by atoms with Crippen LogP contribution in [0.4, 0.5) is 0 Å². The minimum absolute atomic E-state index is 0.0735. The zero-order chi connectivity index (χ0) is 28.5. The number of carbonyl (C=O) groups is 2. The minimum Gasteiger partial charge on any atom is -0.493 e. The van der Waals surface area contributed by atoms with E-state index in [4.69, 9.17) is 14.2 Å². The van der Waals surface area contributed by atoms with Crippen LogP contribution in [-0.4, -0.2) is 74.2 Å². The monoisotopic (exact) mass is 607 g/mol. The quantitative estimate of drug-likeness (QED) is 0.223. The highest BCUT2D eigenvalue weighted by Crippen LogP contribution is 2.28. The molecule has 0 atom stereocenters. The summed E-state index contributed by atoms with van der Waals surface area (Å²) in [6, 6.07) is 20.9. The first-order chi connectivity index (χ1) is 19.4. The van der Waals surface area contributed by atoms with E-state index in [9.17, 15) is 9.59 Å². The van der Waals surface area contributed by atoms with E-state index in [1.54, 1.807) is 49.3 Å². The molecule has 9 heteroatoms. The highest BCUT2D eigenvalue weighted by Gasteiger charge is 2.23. The minimum atomic E-state index is -0.227. The predicted molar refractivity (Wildman–Crippen MR) is 159 cm³/mol. The number of carbonyl (C=O) groups excluding carboxylic acids is 2. The van der Waals surface area contributed by atoms with Gasteiger partial charge in [0.15, 0.2) is 11.5 Å². The fraction of sp³-hybridized carbons (Fsp3) is 0.290. The van der Waals surface area contributed by atoms with E-state index in [-0.39, 0.29) is 18.4 Å². The average Bonchev–Trinajstić information content (AvgIpc) is 3.39. The molecule has 0 saturated carbocycles. The summed E-state index contributed by atoms with van der Waals surface area (Å²) in [5.41, 5.74) is 3.58. The molecular weight excluding hydrogens is 574 g/mol. The summed E-state index contributed by atoms with van der Waals surface area (Å²) in [5, 5.41) is 1.13. The van der Waals surface area contributed by atoms with Gasteiger partial charge in [-0.3, -0.25) is 9.59 Å². The largest absolute Gasteiger partial charge is 0.493 e. The van der Waals surface area contributed by atoms with Gasteiger partial charge >= 0.3 is 0 Å². The number of ether oxygens (including phenoxy) is 3. The first kappa shape index (κ1) is 29.2. The number of amides is 2. The van der Waals surface area contributed by atoms with E-state index < -0.39 is 0 Å². The summed E-state index contributed by atoms with van der Waals surface area (Å²) in [6.45, 7) is 1.36. The molecule has 0 fully saturated rings. The molecular formula is C31H34BrN3O5. The number of nitrogens with zero attached hydrogens (tertiary/aromatic N) is 2. The zero-order valence-electron chi connectivity index (χ0n) is 23.0. The van der Waals surface area contributed by atoms with Crippen molar-refractivity contribution in [2.24, 2.45) is 0 Å². The molecule has 0 saturated heterocycles. The topological polar surface area (TPSA) is 84.1 Å². The van der Waals surface area contributed by atoms with Gasteiger partial charge in [0.05, 0.1) is 20.8 Å². The second-order valence-electron chi connectivity index (χ2n) is 9.34. The maximum absolute atomic E-state index is 13.8. The van der Waals surface area contributed by atoms with Gasteiger partial charge in [-0.25, -0.2) is 0 Å². The molecule has 3 aromatic carbocycles. The Morgan fingerprint density at radius 1 is 0.875 bits per heavy atom. The van der Waals surface area contributed by atoms with E-state index in [0.29, 0.717) is 49.7 Å². The first-order valence-corrected chi connectivity index (χ1v) is 13.8. The number of nitrogens with one attached hydrogen (secondary N) is 1. The van der Waals surface area contributed by atoms with Crippen LogP contribution in [0.25, 0.3) is 10.9 Å². The van der Waals surface area contributed by atoms with Gasteiger partial charge in [0.25, 0.3) is 5.91 Å². The summed E-state index contributed by atoms with van der Waals surface area (Å²) < 4.78 is 16.9. The number of rotatable bonds is 13. The van der Waals surface area contributed by atoms with Crippen molar-refractivity contribution in [3.8, 4) is 11.5 Å². The molecule has 210 valence electrons. The van der Waals surface area contributed by atoms with Crippen molar-refractivity contribution in [3.63, 3.8) is 0 Å². The molecule has 0 aliphatic heterocycles. The summed E-state index contributed by atoms with van der Waals surface area (Å²) in [5.74, 6) is 0.826. The first-order valence-electron chi connectivity index (χ1n) is 13.0. The third-order valence-electron chi connectivity index (χ3n) is 6.75. The summed E-state index contributed by atoms with van der Waals surface area (Å²) in [6.07, 6.45) is 2.64. The zero-order valence-corrected chi connectivity index (χ0v) is 24.6. The fourth-order valence-corrected chi connectivity index (χ4v) is 5.01. The maximum Gasteiger partial charge on any atom is 0.254 e. The molecule has 0 radical (unpaired) electrons. The molecule has 8 nitrogen and oxygen atoms in total. The molecule has 0 aliphatic rings. The van der Waals surface area contributed by atoms with Gasteiger partial charge in [0.1, 0.15) is 6.54 Å². The lowest BCUT2D eigenvalue weighted by Gasteiger charge is -2.28.